The van der Waals surface area contributed by atoms with E-state index in [0.717, 1.165) is 32.1 Å². The van der Waals surface area contributed by atoms with Crippen molar-refractivity contribution in [1.29, 1.82) is 0 Å². The quantitative estimate of drug-likeness (QED) is 0.238. The van der Waals surface area contributed by atoms with Gasteiger partial charge in [0.15, 0.2) is 0 Å². The van der Waals surface area contributed by atoms with Gasteiger partial charge in [-0.2, -0.15) is 5.06 Å². The number of hydrogen-bond donors (Lipinski definition) is 1. The van der Waals surface area contributed by atoms with E-state index in [0.29, 0.717) is 6.42 Å². The van der Waals surface area contributed by atoms with E-state index < -0.39 is 0 Å². The molecular formula is C31H54N2O2. The fourth-order valence-corrected chi connectivity index (χ4v) is 5.96. The van der Waals surface area contributed by atoms with Gasteiger partial charge in [0.1, 0.15) is 6.10 Å². The van der Waals surface area contributed by atoms with Gasteiger partial charge in [0.25, 0.3) is 0 Å². The van der Waals surface area contributed by atoms with Crippen molar-refractivity contribution in [2.75, 3.05) is 0 Å². The Bertz CT molecular complexity index is 714. The molecule has 4 nitrogen and oxygen atoms in total. The maximum absolute atomic E-state index is 12.8. The van der Waals surface area contributed by atoms with E-state index in [4.69, 9.17) is 4.84 Å². The zero-order chi connectivity index (χ0) is 25.7. The molecule has 1 amide bonds. The molecule has 200 valence electrons. The predicted molar refractivity (Wildman–Crippen MR) is 148 cm³/mol. The maximum atomic E-state index is 12.8. The molecule has 0 aromatic heterocycles. The average Bonchev–Trinajstić information content (AvgIpc) is 2.84. The lowest BCUT2D eigenvalue weighted by atomic mass is 9.74. The fraction of sp³-hybridized carbons (Fsp3) is 0.774. The highest BCUT2D eigenvalue weighted by Crippen LogP contribution is 2.44. The van der Waals surface area contributed by atoms with E-state index in [9.17, 15) is 4.79 Å². The maximum Gasteiger partial charge on any atom is 0.220 e. The second-order valence-electron chi connectivity index (χ2n) is 11.4. The SMILES string of the molecule is CCCCCCCCCCCC(=O)NC1CC(C)(C)N(OC(C)c2ccccc2)C(CC)(CC)C1. The number of hydrogen-bond acceptors (Lipinski definition) is 3. The molecule has 1 saturated heterocycles. The number of nitrogens with zero attached hydrogens (tertiary/aromatic N) is 1. The lowest BCUT2D eigenvalue weighted by Gasteiger charge is -2.57. The summed E-state index contributed by atoms with van der Waals surface area (Å²) >= 11 is 0. The summed E-state index contributed by atoms with van der Waals surface area (Å²) in [4.78, 5) is 19.5. The molecule has 0 bridgehead atoms. The first kappa shape index (κ1) is 29.8. The first-order chi connectivity index (χ1) is 16.8. The third-order valence-corrected chi connectivity index (χ3v) is 8.07. The smallest absolute Gasteiger partial charge is 0.220 e. The predicted octanol–water partition coefficient (Wildman–Crippen LogP) is 8.52. The van der Waals surface area contributed by atoms with E-state index in [2.05, 4.69) is 76.2 Å². The summed E-state index contributed by atoms with van der Waals surface area (Å²) in [5, 5.41) is 5.70. The number of rotatable bonds is 16. The molecule has 1 heterocycles. The molecule has 2 atom stereocenters. The number of hydroxylamine groups is 2. The van der Waals surface area contributed by atoms with Crippen LogP contribution in [0.4, 0.5) is 0 Å². The number of benzene rings is 1. The summed E-state index contributed by atoms with van der Waals surface area (Å²) in [5.74, 6) is 0.224. The average molecular weight is 487 g/mol. The summed E-state index contributed by atoms with van der Waals surface area (Å²) in [6.07, 6.45) is 16.0. The Hall–Kier alpha value is -1.39. The largest absolute Gasteiger partial charge is 0.353 e. The van der Waals surface area contributed by atoms with Crippen molar-refractivity contribution in [3.8, 4) is 0 Å². The van der Waals surface area contributed by atoms with Gasteiger partial charge >= 0.3 is 0 Å². The lowest BCUT2D eigenvalue weighted by Crippen LogP contribution is -2.66. The molecule has 1 aromatic rings. The van der Waals surface area contributed by atoms with Crippen LogP contribution in [0.2, 0.25) is 0 Å². The van der Waals surface area contributed by atoms with Crippen LogP contribution in [0.5, 0.6) is 0 Å². The number of amides is 1. The minimum Gasteiger partial charge on any atom is -0.353 e. The molecule has 1 N–H and O–H groups in total. The standard InChI is InChI=1S/C31H54N2O2/c1-7-10-11-12-13-14-15-16-20-23-29(34)32-28-24-30(5,6)33(31(8-2,9-3)25-28)35-26(4)27-21-18-17-19-22-27/h17-19,21-22,26,28H,7-16,20,23-25H2,1-6H3,(H,32,34). The molecule has 0 aliphatic carbocycles. The Kier molecular flexibility index (Phi) is 12.8. The van der Waals surface area contributed by atoms with Gasteiger partial charge in [0.05, 0.1) is 0 Å². The van der Waals surface area contributed by atoms with Crippen LogP contribution in [0.1, 0.15) is 143 Å². The van der Waals surface area contributed by atoms with Gasteiger partial charge < -0.3 is 5.32 Å². The Morgan fingerprint density at radius 1 is 0.943 bits per heavy atom. The Morgan fingerprint density at radius 3 is 2.09 bits per heavy atom. The van der Waals surface area contributed by atoms with Gasteiger partial charge in [-0.25, -0.2) is 0 Å². The van der Waals surface area contributed by atoms with Crippen molar-refractivity contribution in [2.24, 2.45) is 0 Å². The van der Waals surface area contributed by atoms with Gasteiger partial charge in [-0.05, 0) is 58.4 Å². The Morgan fingerprint density at radius 2 is 1.51 bits per heavy atom. The molecule has 0 saturated carbocycles. The monoisotopic (exact) mass is 486 g/mol. The van der Waals surface area contributed by atoms with Crippen molar-refractivity contribution in [1.82, 2.24) is 10.4 Å². The first-order valence-electron chi connectivity index (χ1n) is 14.6. The van der Waals surface area contributed by atoms with Crippen molar-refractivity contribution in [3.05, 3.63) is 35.9 Å². The third kappa shape index (κ3) is 9.21. The number of carbonyl (C=O) groups excluding carboxylic acids is 1. The third-order valence-electron chi connectivity index (χ3n) is 8.07. The van der Waals surface area contributed by atoms with Crippen molar-refractivity contribution in [2.45, 2.75) is 155 Å². The van der Waals surface area contributed by atoms with Crippen LogP contribution in [0.3, 0.4) is 0 Å². The molecule has 4 heteroatoms. The minimum atomic E-state index is -0.164. The summed E-state index contributed by atoms with van der Waals surface area (Å²) in [5.41, 5.74) is 0.949. The summed E-state index contributed by atoms with van der Waals surface area (Å²) in [6.45, 7) is 13.5. The normalized spacial score (nSPS) is 20.5. The molecule has 1 aromatic carbocycles. The molecule has 1 fully saturated rings. The van der Waals surface area contributed by atoms with Gasteiger partial charge in [0.2, 0.25) is 5.91 Å². The molecular weight excluding hydrogens is 432 g/mol. The van der Waals surface area contributed by atoms with E-state index in [1.165, 1.54) is 56.9 Å². The number of unbranched alkanes of at least 4 members (excludes halogenated alkanes) is 8. The molecule has 2 unspecified atom stereocenters. The molecule has 35 heavy (non-hydrogen) atoms. The molecule has 0 radical (unpaired) electrons. The van der Waals surface area contributed by atoms with E-state index in [-0.39, 0.29) is 29.1 Å². The fourth-order valence-electron chi connectivity index (χ4n) is 5.96. The van der Waals surface area contributed by atoms with E-state index in [1.54, 1.807) is 0 Å². The van der Waals surface area contributed by atoms with E-state index in [1.807, 2.05) is 6.07 Å². The molecule has 2 rings (SSSR count). The Labute approximate surface area is 216 Å². The molecule has 1 aliphatic heterocycles. The second-order valence-corrected chi connectivity index (χ2v) is 11.4. The van der Waals surface area contributed by atoms with Crippen LogP contribution >= 0.6 is 0 Å². The second kappa shape index (κ2) is 15.0. The van der Waals surface area contributed by atoms with Gasteiger partial charge in [-0.15, -0.1) is 0 Å². The Balaban J connectivity index is 1.87. The molecule has 1 aliphatic rings. The summed E-state index contributed by atoms with van der Waals surface area (Å²) in [7, 11) is 0. The number of carbonyl (C=O) groups is 1. The highest BCUT2D eigenvalue weighted by Gasteiger charge is 2.50. The number of piperidine rings is 1. The van der Waals surface area contributed by atoms with Crippen LogP contribution in [0.15, 0.2) is 30.3 Å². The van der Waals surface area contributed by atoms with Gasteiger partial charge in [-0.3, -0.25) is 9.63 Å². The highest BCUT2D eigenvalue weighted by molar-refractivity contribution is 5.76. The van der Waals surface area contributed by atoms with Gasteiger partial charge in [0, 0.05) is 23.5 Å². The van der Waals surface area contributed by atoms with E-state index >= 15 is 0 Å². The minimum absolute atomic E-state index is 0.00858. The molecule has 0 spiro atoms. The van der Waals surface area contributed by atoms with Crippen LogP contribution < -0.4 is 5.32 Å². The van der Waals surface area contributed by atoms with Crippen LogP contribution in [0, 0.1) is 0 Å². The van der Waals surface area contributed by atoms with Crippen LogP contribution in [0.25, 0.3) is 0 Å². The zero-order valence-electron chi connectivity index (χ0n) is 23.7. The summed E-state index contributed by atoms with van der Waals surface area (Å²) < 4.78 is 0. The van der Waals surface area contributed by atoms with Crippen LogP contribution in [-0.2, 0) is 9.63 Å². The van der Waals surface area contributed by atoms with Crippen molar-refractivity contribution >= 4 is 5.91 Å². The van der Waals surface area contributed by atoms with Gasteiger partial charge in [-0.1, -0.05) is 102 Å². The summed E-state index contributed by atoms with van der Waals surface area (Å²) in [6, 6.07) is 10.7. The number of nitrogens with one attached hydrogen (secondary N) is 1. The zero-order valence-corrected chi connectivity index (χ0v) is 23.7. The van der Waals surface area contributed by atoms with Crippen molar-refractivity contribution < 1.29 is 9.63 Å². The van der Waals surface area contributed by atoms with Crippen LogP contribution in [-0.4, -0.2) is 28.1 Å². The topological polar surface area (TPSA) is 41.6 Å². The first-order valence-corrected chi connectivity index (χ1v) is 14.6. The van der Waals surface area contributed by atoms with Crippen molar-refractivity contribution in [3.63, 3.8) is 0 Å². The lowest BCUT2D eigenvalue weighted by molar-refractivity contribution is -0.316. The highest BCUT2D eigenvalue weighted by atomic mass is 16.7.